The third kappa shape index (κ3) is 4.10. The fourth-order valence-corrected chi connectivity index (χ4v) is 1.33. The van der Waals surface area contributed by atoms with Gasteiger partial charge in [0.1, 0.15) is 5.75 Å². The van der Waals surface area contributed by atoms with E-state index in [4.69, 9.17) is 10.00 Å². The number of carbonyl (C=O) groups is 1. The number of nitriles is 1. The molecular weight excluding hydrogens is 228 g/mol. The second-order valence-electron chi connectivity index (χ2n) is 4.21. The summed E-state index contributed by atoms with van der Waals surface area (Å²) in [6.07, 6.45) is 0.335. The fourth-order valence-electron chi connectivity index (χ4n) is 1.33. The van der Waals surface area contributed by atoms with E-state index in [1.54, 1.807) is 31.2 Å². The molecule has 18 heavy (non-hydrogen) atoms. The summed E-state index contributed by atoms with van der Waals surface area (Å²) in [5, 5.41) is 11.5. The minimum Gasteiger partial charge on any atom is -0.481 e. The van der Waals surface area contributed by atoms with Gasteiger partial charge in [0.05, 0.1) is 11.6 Å². The van der Waals surface area contributed by atoms with Gasteiger partial charge < -0.3 is 10.1 Å². The normalized spacial score (nSPS) is 13.2. The van der Waals surface area contributed by atoms with Crippen LogP contribution in [0.5, 0.6) is 5.75 Å². The number of carbonyl (C=O) groups excluding carboxylic acids is 1. The monoisotopic (exact) mass is 246 g/mol. The molecule has 1 aromatic carbocycles. The van der Waals surface area contributed by atoms with Gasteiger partial charge >= 0.3 is 0 Å². The predicted octanol–water partition coefficient (Wildman–Crippen LogP) is 2.24. The summed E-state index contributed by atoms with van der Waals surface area (Å²) in [6, 6.07) is 8.87. The second kappa shape index (κ2) is 6.65. The summed E-state index contributed by atoms with van der Waals surface area (Å²) in [4.78, 5) is 11.8. The first-order valence-electron chi connectivity index (χ1n) is 6.04. The lowest BCUT2D eigenvalue weighted by atomic mass is 10.2. The Balaban J connectivity index is 2.55. The molecule has 0 aliphatic rings. The Kier molecular flexibility index (Phi) is 5.19. The number of rotatable bonds is 5. The van der Waals surface area contributed by atoms with E-state index in [9.17, 15) is 4.79 Å². The second-order valence-corrected chi connectivity index (χ2v) is 4.21. The molecule has 0 heterocycles. The molecule has 0 aliphatic heterocycles. The molecule has 1 aromatic rings. The van der Waals surface area contributed by atoms with E-state index in [0.717, 1.165) is 6.42 Å². The zero-order chi connectivity index (χ0) is 13.5. The van der Waals surface area contributed by atoms with Gasteiger partial charge in [0.2, 0.25) is 0 Å². The molecule has 0 spiro atoms. The maximum atomic E-state index is 11.8. The van der Waals surface area contributed by atoms with Gasteiger partial charge in [0.15, 0.2) is 6.10 Å². The highest BCUT2D eigenvalue weighted by atomic mass is 16.5. The van der Waals surface area contributed by atoms with Gasteiger partial charge in [-0.3, -0.25) is 4.79 Å². The van der Waals surface area contributed by atoms with Crippen molar-refractivity contribution in [2.45, 2.75) is 39.3 Å². The van der Waals surface area contributed by atoms with Crippen LogP contribution in [-0.2, 0) is 4.79 Å². The number of nitrogens with zero attached hydrogens (tertiary/aromatic N) is 1. The van der Waals surface area contributed by atoms with Crippen LogP contribution in [0.2, 0.25) is 0 Å². The lowest BCUT2D eigenvalue weighted by molar-refractivity contribution is -0.127. The molecule has 0 aliphatic carbocycles. The van der Waals surface area contributed by atoms with E-state index >= 15 is 0 Å². The molecule has 0 aromatic heterocycles. The molecule has 0 saturated carbocycles. The molecule has 2 unspecified atom stereocenters. The van der Waals surface area contributed by atoms with Crippen LogP contribution in [0.4, 0.5) is 0 Å². The van der Waals surface area contributed by atoms with Crippen molar-refractivity contribution < 1.29 is 9.53 Å². The first-order valence-corrected chi connectivity index (χ1v) is 6.04. The van der Waals surface area contributed by atoms with Crippen molar-refractivity contribution in [2.75, 3.05) is 0 Å². The smallest absolute Gasteiger partial charge is 0.260 e. The molecule has 4 heteroatoms. The van der Waals surface area contributed by atoms with Gasteiger partial charge in [0, 0.05) is 6.04 Å². The summed E-state index contributed by atoms with van der Waals surface area (Å²) >= 11 is 0. The van der Waals surface area contributed by atoms with Gasteiger partial charge in [-0.15, -0.1) is 0 Å². The van der Waals surface area contributed by atoms with Crippen molar-refractivity contribution in [1.82, 2.24) is 5.32 Å². The Morgan fingerprint density at radius 1 is 1.39 bits per heavy atom. The van der Waals surface area contributed by atoms with Crippen LogP contribution >= 0.6 is 0 Å². The molecule has 0 radical (unpaired) electrons. The summed E-state index contributed by atoms with van der Waals surface area (Å²) in [5.74, 6) is 0.453. The Bertz CT molecular complexity index is 434. The van der Waals surface area contributed by atoms with Crippen molar-refractivity contribution >= 4 is 5.91 Å². The highest BCUT2D eigenvalue weighted by molar-refractivity contribution is 5.80. The largest absolute Gasteiger partial charge is 0.481 e. The number of nitrogens with one attached hydrogen (secondary N) is 1. The third-order valence-corrected chi connectivity index (χ3v) is 2.67. The van der Waals surface area contributed by atoms with Crippen LogP contribution in [0, 0.1) is 11.3 Å². The quantitative estimate of drug-likeness (QED) is 0.866. The van der Waals surface area contributed by atoms with E-state index in [1.165, 1.54) is 0 Å². The Hall–Kier alpha value is -2.02. The van der Waals surface area contributed by atoms with E-state index < -0.39 is 6.10 Å². The molecule has 0 saturated heterocycles. The van der Waals surface area contributed by atoms with E-state index in [1.807, 2.05) is 19.9 Å². The summed E-state index contributed by atoms with van der Waals surface area (Å²) in [6.45, 7) is 5.67. The van der Waals surface area contributed by atoms with Crippen LogP contribution in [0.1, 0.15) is 32.8 Å². The molecule has 1 rings (SSSR count). The molecule has 1 amide bonds. The van der Waals surface area contributed by atoms with Crippen molar-refractivity contribution in [3.05, 3.63) is 29.8 Å². The average Bonchev–Trinajstić information content (AvgIpc) is 2.39. The van der Waals surface area contributed by atoms with Crippen molar-refractivity contribution in [1.29, 1.82) is 5.26 Å². The number of benzene rings is 1. The molecule has 2 atom stereocenters. The summed E-state index contributed by atoms with van der Waals surface area (Å²) in [7, 11) is 0. The fraction of sp³-hybridized carbons (Fsp3) is 0.429. The lowest BCUT2D eigenvalue weighted by Crippen LogP contribution is -2.40. The van der Waals surface area contributed by atoms with Crippen molar-refractivity contribution in [3.8, 4) is 11.8 Å². The molecule has 4 nitrogen and oxygen atoms in total. The van der Waals surface area contributed by atoms with Gasteiger partial charge in [-0.25, -0.2) is 0 Å². The maximum Gasteiger partial charge on any atom is 0.260 e. The summed E-state index contributed by atoms with van der Waals surface area (Å²) in [5.41, 5.74) is 0.569. The van der Waals surface area contributed by atoms with Crippen LogP contribution in [0.15, 0.2) is 24.3 Å². The Morgan fingerprint density at radius 2 is 2.00 bits per heavy atom. The van der Waals surface area contributed by atoms with Crippen molar-refractivity contribution in [2.24, 2.45) is 0 Å². The van der Waals surface area contributed by atoms with E-state index in [2.05, 4.69) is 5.32 Å². The number of ether oxygens (including phenoxy) is 1. The molecule has 96 valence electrons. The lowest BCUT2D eigenvalue weighted by Gasteiger charge is -2.17. The van der Waals surface area contributed by atoms with Gasteiger partial charge in [-0.1, -0.05) is 6.92 Å². The Labute approximate surface area is 108 Å². The minimum atomic E-state index is -0.549. The predicted molar refractivity (Wildman–Crippen MR) is 69.1 cm³/mol. The average molecular weight is 246 g/mol. The van der Waals surface area contributed by atoms with Crippen molar-refractivity contribution in [3.63, 3.8) is 0 Å². The van der Waals surface area contributed by atoms with Crippen LogP contribution < -0.4 is 10.1 Å². The number of hydrogen-bond acceptors (Lipinski definition) is 3. The van der Waals surface area contributed by atoms with Gasteiger partial charge in [-0.2, -0.15) is 5.26 Å². The topological polar surface area (TPSA) is 62.1 Å². The van der Waals surface area contributed by atoms with Crippen LogP contribution in [-0.4, -0.2) is 18.1 Å². The molecule has 1 N–H and O–H groups in total. The SMILES string of the molecule is CCC(C)NC(=O)C(C)Oc1ccc(C#N)cc1. The highest BCUT2D eigenvalue weighted by Gasteiger charge is 2.15. The third-order valence-electron chi connectivity index (χ3n) is 2.67. The first-order chi connectivity index (χ1) is 8.56. The molecule has 0 bridgehead atoms. The zero-order valence-electron chi connectivity index (χ0n) is 10.9. The van der Waals surface area contributed by atoms with E-state index in [0.29, 0.717) is 11.3 Å². The molecular formula is C14H18N2O2. The number of hydrogen-bond donors (Lipinski definition) is 1. The van der Waals surface area contributed by atoms with Gasteiger partial charge in [0.25, 0.3) is 5.91 Å². The van der Waals surface area contributed by atoms with Crippen LogP contribution in [0.3, 0.4) is 0 Å². The van der Waals surface area contributed by atoms with Gasteiger partial charge in [-0.05, 0) is 44.5 Å². The summed E-state index contributed by atoms with van der Waals surface area (Å²) < 4.78 is 5.50. The van der Waals surface area contributed by atoms with Crippen LogP contribution in [0.25, 0.3) is 0 Å². The standard InChI is InChI=1S/C14H18N2O2/c1-4-10(2)16-14(17)11(3)18-13-7-5-12(9-15)6-8-13/h5-8,10-11H,4H2,1-3H3,(H,16,17). The van der Waals surface area contributed by atoms with E-state index in [-0.39, 0.29) is 11.9 Å². The highest BCUT2D eigenvalue weighted by Crippen LogP contribution is 2.13. The Morgan fingerprint density at radius 3 is 2.50 bits per heavy atom. The minimum absolute atomic E-state index is 0.131. The zero-order valence-corrected chi connectivity index (χ0v) is 10.9. The first kappa shape index (κ1) is 14.0. The molecule has 0 fully saturated rings. The maximum absolute atomic E-state index is 11.8. The number of amides is 1.